The third-order valence-corrected chi connectivity index (χ3v) is 3.55. The molecule has 0 aromatic carbocycles. The number of anilines is 1. The van der Waals surface area contributed by atoms with E-state index in [-0.39, 0.29) is 5.54 Å². The predicted octanol–water partition coefficient (Wildman–Crippen LogP) is 1.53. The van der Waals surface area contributed by atoms with Crippen LogP contribution in [0.25, 0.3) is 11.0 Å². The smallest absolute Gasteiger partial charge is 0.161 e. The minimum absolute atomic E-state index is 0.0570. The van der Waals surface area contributed by atoms with E-state index in [0.717, 1.165) is 35.5 Å². The Bertz CT molecular complexity index is 572. The second kappa shape index (κ2) is 3.13. The van der Waals surface area contributed by atoms with Gasteiger partial charge in [0.05, 0.1) is 24.0 Å². The number of aromatic amines is 1. The molecule has 0 radical (unpaired) electrons. The highest BCUT2D eigenvalue weighted by molar-refractivity contribution is 5.93. The molecule has 1 fully saturated rings. The molecule has 1 saturated heterocycles. The molecule has 2 N–H and O–H groups in total. The molecule has 0 amide bonds. The maximum absolute atomic E-state index is 5.82. The van der Waals surface area contributed by atoms with Gasteiger partial charge in [0.1, 0.15) is 12.3 Å². The predicted molar refractivity (Wildman–Crippen MR) is 63.4 cm³/mol. The molecule has 4 heterocycles. The Hall–Kier alpha value is -1.75. The molecule has 2 aromatic rings. The van der Waals surface area contributed by atoms with E-state index in [1.165, 1.54) is 0 Å². The van der Waals surface area contributed by atoms with Crippen LogP contribution in [0.1, 0.15) is 6.42 Å². The van der Waals surface area contributed by atoms with Crippen molar-refractivity contribution < 1.29 is 9.47 Å². The van der Waals surface area contributed by atoms with Crippen LogP contribution in [0.5, 0.6) is 5.75 Å². The standard InChI is InChI=1S/C12H13N3O2/c1-3-13-11-8(1)10-9(5-14-11)17-7-12(15-10)2-4-16-6-12/h1,3,5,15H,2,4,6-7H2,(H,13,14). The second-order valence-corrected chi connectivity index (χ2v) is 4.73. The summed E-state index contributed by atoms with van der Waals surface area (Å²) in [5.41, 5.74) is 1.86. The summed E-state index contributed by atoms with van der Waals surface area (Å²) in [4.78, 5) is 7.43. The van der Waals surface area contributed by atoms with Crippen molar-refractivity contribution in [3.8, 4) is 5.75 Å². The zero-order valence-corrected chi connectivity index (χ0v) is 9.32. The van der Waals surface area contributed by atoms with Gasteiger partial charge in [0, 0.05) is 18.2 Å². The first-order valence-electron chi connectivity index (χ1n) is 5.81. The minimum Gasteiger partial charge on any atom is -0.487 e. The molecule has 0 aliphatic carbocycles. The number of nitrogens with one attached hydrogen (secondary N) is 2. The van der Waals surface area contributed by atoms with Crippen LogP contribution in [-0.4, -0.2) is 35.3 Å². The fourth-order valence-corrected chi connectivity index (χ4v) is 2.56. The lowest BCUT2D eigenvalue weighted by Crippen LogP contribution is -2.47. The van der Waals surface area contributed by atoms with Gasteiger partial charge in [-0.05, 0) is 12.5 Å². The summed E-state index contributed by atoms with van der Waals surface area (Å²) in [6.45, 7) is 2.16. The van der Waals surface area contributed by atoms with Crippen LogP contribution in [0.2, 0.25) is 0 Å². The Morgan fingerprint density at radius 1 is 1.35 bits per heavy atom. The van der Waals surface area contributed by atoms with Crippen molar-refractivity contribution in [2.24, 2.45) is 0 Å². The summed E-state index contributed by atoms with van der Waals surface area (Å²) >= 11 is 0. The first kappa shape index (κ1) is 9.30. The monoisotopic (exact) mass is 231 g/mol. The zero-order chi connectivity index (χ0) is 11.3. The highest BCUT2D eigenvalue weighted by Crippen LogP contribution is 2.39. The van der Waals surface area contributed by atoms with E-state index >= 15 is 0 Å². The molecule has 2 aliphatic rings. The van der Waals surface area contributed by atoms with Gasteiger partial charge in [-0.15, -0.1) is 0 Å². The van der Waals surface area contributed by atoms with Gasteiger partial charge in [0.2, 0.25) is 0 Å². The lowest BCUT2D eigenvalue weighted by molar-refractivity contribution is 0.154. The van der Waals surface area contributed by atoms with Crippen molar-refractivity contribution in [3.05, 3.63) is 18.5 Å². The molecular weight excluding hydrogens is 218 g/mol. The van der Waals surface area contributed by atoms with Gasteiger partial charge < -0.3 is 19.8 Å². The summed E-state index contributed by atoms with van der Waals surface area (Å²) in [5, 5.41) is 4.67. The van der Waals surface area contributed by atoms with E-state index in [2.05, 4.69) is 15.3 Å². The Kier molecular flexibility index (Phi) is 1.71. The van der Waals surface area contributed by atoms with Gasteiger partial charge in [-0.1, -0.05) is 0 Å². The van der Waals surface area contributed by atoms with E-state index in [1.54, 1.807) is 6.20 Å². The maximum Gasteiger partial charge on any atom is 0.161 e. The van der Waals surface area contributed by atoms with Crippen molar-refractivity contribution in [1.29, 1.82) is 0 Å². The molecule has 2 aliphatic heterocycles. The number of H-pyrrole nitrogens is 1. The molecule has 5 nitrogen and oxygen atoms in total. The molecular formula is C12H13N3O2. The van der Waals surface area contributed by atoms with Crippen LogP contribution in [0.15, 0.2) is 18.5 Å². The molecule has 2 aromatic heterocycles. The largest absolute Gasteiger partial charge is 0.487 e. The fraction of sp³-hybridized carbons (Fsp3) is 0.417. The van der Waals surface area contributed by atoms with Crippen LogP contribution >= 0.6 is 0 Å². The number of aromatic nitrogens is 2. The second-order valence-electron chi connectivity index (χ2n) is 4.73. The maximum atomic E-state index is 5.82. The zero-order valence-electron chi connectivity index (χ0n) is 9.32. The van der Waals surface area contributed by atoms with E-state index in [1.807, 2.05) is 12.3 Å². The van der Waals surface area contributed by atoms with Crippen molar-refractivity contribution in [2.75, 3.05) is 25.1 Å². The van der Waals surface area contributed by atoms with Crippen LogP contribution in [0.3, 0.4) is 0 Å². The van der Waals surface area contributed by atoms with Crippen LogP contribution in [0.4, 0.5) is 5.69 Å². The van der Waals surface area contributed by atoms with Gasteiger partial charge >= 0.3 is 0 Å². The van der Waals surface area contributed by atoms with Crippen molar-refractivity contribution in [1.82, 2.24) is 9.97 Å². The number of ether oxygens (including phenoxy) is 2. The minimum atomic E-state index is -0.0570. The molecule has 0 bridgehead atoms. The third kappa shape index (κ3) is 1.26. The number of nitrogens with zero attached hydrogens (tertiary/aromatic N) is 1. The van der Waals surface area contributed by atoms with Crippen LogP contribution < -0.4 is 10.1 Å². The fourth-order valence-electron chi connectivity index (χ4n) is 2.56. The normalized spacial score (nSPS) is 26.8. The lowest BCUT2D eigenvalue weighted by atomic mass is 9.97. The summed E-state index contributed by atoms with van der Waals surface area (Å²) < 4.78 is 11.3. The van der Waals surface area contributed by atoms with E-state index in [9.17, 15) is 0 Å². The van der Waals surface area contributed by atoms with Gasteiger partial charge in [-0.25, -0.2) is 4.98 Å². The average molecular weight is 231 g/mol. The van der Waals surface area contributed by atoms with E-state index < -0.39 is 0 Å². The van der Waals surface area contributed by atoms with Gasteiger partial charge in [-0.3, -0.25) is 0 Å². The van der Waals surface area contributed by atoms with Gasteiger partial charge in [0.15, 0.2) is 5.75 Å². The Morgan fingerprint density at radius 2 is 2.35 bits per heavy atom. The Labute approximate surface area is 98.1 Å². The van der Waals surface area contributed by atoms with Gasteiger partial charge in [0.25, 0.3) is 0 Å². The van der Waals surface area contributed by atoms with Crippen molar-refractivity contribution in [2.45, 2.75) is 12.0 Å². The van der Waals surface area contributed by atoms with Crippen molar-refractivity contribution >= 4 is 16.7 Å². The summed E-state index contributed by atoms with van der Waals surface area (Å²) in [6.07, 6.45) is 4.65. The highest BCUT2D eigenvalue weighted by atomic mass is 16.5. The van der Waals surface area contributed by atoms with E-state index in [0.29, 0.717) is 13.2 Å². The number of rotatable bonds is 0. The summed E-state index contributed by atoms with van der Waals surface area (Å²) in [6, 6.07) is 2.02. The molecule has 4 rings (SSSR count). The number of hydrogen-bond acceptors (Lipinski definition) is 4. The molecule has 0 saturated carbocycles. The Balaban J connectivity index is 1.86. The first-order chi connectivity index (χ1) is 8.36. The number of hydrogen-bond donors (Lipinski definition) is 2. The van der Waals surface area contributed by atoms with Crippen molar-refractivity contribution in [3.63, 3.8) is 0 Å². The Morgan fingerprint density at radius 3 is 3.24 bits per heavy atom. The van der Waals surface area contributed by atoms with Gasteiger partial charge in [-0.2, -0.15) is 0 Å². The quantitative estimate of drug-likeness (QED) is 0.721. The number of fused-ring (bicyclic) bond motifs is 3. The van der Waals surface area contributed by atoms with Crippen LogP contribution in [-0.2, 0) is 4.74 Å². The first-order valence-corrected chi connectivity index (χ1v) is 5.81. The van der Waals surface area contributed by atoms with Crippen LogP contribution in [0, 0.1) is 0 Å². The summed E-state index contributed by atoms with van der Waals surface area (Å²) in [5.74, 6) is 0.828. The molecule has 5 heteroatoms. The van der Waals surface area contributed by atoms with E-state index in [4.69, 9.17) is 9.47 Å². The molecule has 17 heavy (non-hydrogen) atoms. The molecule has 88 valence electrons. The average Bonchev–Trinajstić information content (AvgIpc) is 2.98. The lowest BCUT2D eigenvalue weighted by Gasteiger charge is -2.35. The molecule has 1 spiro atoms. The molecule has 1 unspecified atom stereocenters. The molecule has 1 atom stereocenters. The summed E-state index contributed by atoms with van der Waals surface area (Å²) in [7, 11) is 0. The SMILES string of the molecule is c1cc2c3c(cnc2[nH]1)OCC1(CCOC1)N3. The topological polar surface area (TPSA) is 59.2 Å². The third-order valence-electron chi connectivity index (χ3n) is 3.55. The highest BCUT2D eigenvalue weighted by Gasteiger charge is 2.39. The number of pyridine rings is 1.